The highest BCUT2D eigenvalue weighted by Gasteiger charge is 2.53. The molecule has 0 atom stereocenters. The lowest BCUT2D eigenvalue weighted by molar-refractivity contribution is -0.125. The third kappa shape index (κ3) is 9.59. The largest absolute Gasteiger partial charge is 0.508 e. The number of aromatic hydroxyl groups is 2. The number of esters is 1. The zero-order valence-corrected chi connectivity index (χ0v) is 34.9. The van der Waals surface area contributed by atoms with Gasteiger partial charge in [-0.2, -0.15) is 0 Å². The number of carbonyl (C=O) groups excluding carboxylic acids is 3. The maximum absolute atomic E-state index is 13.4. The number of fused-ring (bicyclic) bond motifs is 8. The molecule has 0 fully saturated rings. The van der Waals surface area contributed by atoms with Gasteiger partial charge in [-0.25, -0.2) is 4.79 Å². The van der Waals surface area contributed by atoms with Gasteiger partial charge in [0.1, 0.15) is 23.0 Å². The Labute approximate surface area is 369 Å². The van der Waals surface area contributed by atoms with Crippen LogP contribution < -0.4 is 25.6 Å². The molecule has 2 amide bonds. The monoisotopic (exact) mass is 868 g/mol. The van der Waals surface area contributed by atoms with Gasteiger partial charge in [-0.05, 0) is 72.4 Å². The Balaban J connectivity index is 0.687. The van der Waals surface area contributed by atoms with Gasteiger partial charge in [-0.15, -0.1) is 0 Å². The van der Waals surface area contributed by atoms with Crippen molar-refractivity contribution in [1.82, 2.24) is 10.6 Å². The Morgan fingerprint density at radius 3 is 2.03 bits per heavy atom. The summed E-state index contributed by atoms with van der Waals surface area (Å²) < 4.78 is 28.9. The minimum Gasteiger partial charge on any atom is -0.508 e. The van der Waals surface area contributed by atoms with Crippen LogP contribution in [0.5, 0.6) is 23.0 Å². The number of thiocarbonyl (C=S) groups is 1. The Kier molecular flexibility index (Phi) is 13.2. The van der Waals surface area contributed by atoms with Gasteiger partial charge >= 0.3 is 5.97 Å². The van der Waals surface area contributed by atoms with Crippen molar-refractivity contribution in [3.63, 3.8) is 0 Å². The Bertz CT molecular complexity index is 2570. The van der Waals surface area contributed by atoms with E-state index in [9.17, 15) is 24.6 Å². The summed E-state index contributed by atoms with van der Waals surface area (Å²) in [6.07, 6.45) is 0.124. The highest BCUT2D eigenvalue weighted by atomic mass is 32.1. The number of carbonyl (C=O) groups is 3. The molecule has 0 saturated heterocycles. The van der Waals surface area contributed by atoms with E-state index in [0.29, 0.717) is 104 Å². The van der Waals surface area contributed by atoms with E-state index in [0.717, 1.165) is 22.4 Å². The first-order valence-electron chi connectivity index (χ1n) is 20.5. The van der Waals surface area contributed by atoms with Crippen LogP contribution in [0.1, 0.15) is 56.6 Å². The van der Waals surface area contributed by atoms with E-state index in [1.54, 1.807) is 35.2 Å². The highest BCUT2D eigenvalue weighted by Crippen LogP contribution is 2.57. The van der Waals surface area contributed by atoms with E-state index < -0.39 is 11.6 Å². The SMILES string of the molecule is O=C(CCC(=O)N1Cc2ccccc2C#Cc2ccccc21)NCCOCCOCCOCCNC(=S)Nc1ccc2c(c1)C(=O)OC21c2ccc(O)cc2Oc2cc(O)ccc21. The number of nitrogens with one attached hydrogen (secondary N) is 3. The summed E-state index contributed by atoms with van der Waals surface area (Å²) >= 11 is 5.47. The fourth-order valence-corrected chi connectivity index (χ4v) is 7.87. The molecule has 63 heavy (non-hydrogen) atoms. The number of phenols is 2. The topological polar surface area (TPSA) is 177 Å². The lowest BCUT2D eigenvalue weighted by atomic mass is 9.77. The van der Waals surface area contributed by atoms with Gasteiger partial charge in [0, 0.05) is 71.6 Å². The van der Waals surface area contributed by atoms with Crippen molar-refractivity contribution < 1.29 is 48.3 Å². The average Bonchev–Trinajstić information content (AvgIpc) is 3.55. The number of hydrogen-bond acceptors (Lipinski definition) is 11. The van der Waals surface area contributed by atoms with Crippen LogP contribution in [-0.2, 0) is 40.7 Å². The number of nitrogens with zero attached hydrogens (tertiary/aromatic N) is 1. The summed E-state index contributed by atoms with van der Waals surface area (Å²) in [6.45, 7) is 3.23. The van der Waals surface area contributed by atoms with Crippen LogP contribution >= 0.6 is 12.2 Å². The summed E-state index contributed by atoms with van der Waals surface area (Å²) in [5, 5.41) is 29.6. The van der Waals surface area contributed by atoms with Crippen LogP contribution in [0.4, 0.5) is 11.4 Å². The Morgan fingerprint density at radius 2 is 1.32 bits per heavy atom. The molecule has 3 heterocycles. The number of phenolic OH excluding ortho intramolecular Hbond substituents is 2. The zero-order chi connectivity index (χ0) is 43.8. The summed E-state index contributed by atoms with van der Waals surface area (Å²) in [7, 11) is 0. The molecule has 14 nitrogen and oxygen atoms in total. The third-order valence-electron chi connectivity index (χ3n) is 10.6. The number of amides is 2. The average molecular weight is 869 g/mol. The third-order valence-corrected chi connectivity index (χ3v) is 10.9. The molecule has 0 bridgehead atoms. The lowest BCUT2D eigenvalue weighted by Crippen LogP contribution is -2.34. The van der Waals surface area contributed by atoms with Crippen molar-refractivity contribution >= 4 is 46.5 Å². The van der Waals surface area contributed by atoms with Gasteiger partial charge in [0.15, 0.2) is 10.7 Å². The molecule has 15 heteroatoms. The Hall–Kier alpha value is -6.96. The second kappa shape index (κ2) is 19.4. The number of anilines is 2. The minimum absolute atomic E-state index is 0.0196. The first-order valence-corrected chi connectivity index (χ1v) is 20.9. The minimum atomic E-state index is -1.35. The van der Waals surface area contributed by atoms with Gasteiger partial charge in [0.05, 0.1) is 57.4 Å². The Morgan fingerprint density at radius 1 is 0.714 bits per heavy atom. The molecule has 5 aromatic rings. The van der Waals surface area contributed by atoms with Crippen molar-refractivity contribution in [2.75, 3.05) is 62.9 Å². The van der Waals surface area contributed by atoms with Crippen LogP contribution in [0.25, 0.3) is 0 Å². The van der Waals surface area contributed by atoms with E-state index in [1.807, 2.05) is 48.5 Å². The molecule has 0 unspecified atom stereocenters. The molecule has 0 aliphatic carbocycles. The molecular weight excluding hydrogens is 825 g/mol. The van der Waals surface area contributed by atoms with Gasteiger partial charge < -0.3 is 54.7 Å². The predicted octanol–water partition coefficient (Wildman–Crippen LogP) is 5.85. The normalized spacial score (nSPS) is 13.6. The van der Waals surface area contributed by atoms with Gasteiger partial charge in [-0.3, -0.25) is 9.59 Å². The number of para-hydroxylation sites is 1. The molecule has 3 aliphatic rings. The summed E-state index contributed by atoms with van der Waals surface area (Å²) in [6, 6.07) is 29.8. The maximum atomic E-state index is 13.4. The van der Waals surface area contributed by atoms with Crippen LogP contribution in [0, 0.1) is 11.8 Å². The maximum Gasteiger partial charge on any atom is 0.340 e. The van der Waals surface area contributed by atoms with Crippen molar-refractivity contribution in [3.05, 3.63) is 142 Å². The van der Waals surface area contributed by atoms with E-state index in [-0.39, 0.29) is 36.2 Å². The predicted molar refractivity (Wildman–Crippen MR) is 237 cm³/mol. The molecule has 5 N–H and O–H groups in total. The molecule has 0 saturated carbocycles. The standard InChI is InChI=1S/C48H44N4O10S/c53-35-12-15-39-42(28-35)61-43-29-36(54)13-16-40(43)48(39)38-14-11-34(27-37(38)46(57)62-48)51-47(63)50-20-22-59-24-26-60-25-23-58-21-19-49-44(55)17-18-45(56)52-30-33-7-2-1-5-31(33)9-10-32-6-3-4-8-41(32)52/h1-8,11-16,27-29,53-54H,17-26,30H2,(H,49,55)(H2,50,51,63). The molecule has 0 aromatic heterocycles. The van der Waals surface area contributed by atoms with Crippen LogP contribution in [0.2, 0.25) is 0 Å². The number of benzene rings is 5. The summed E-state index contributed by atoms with van der Waals surface area (Å²) in [5.74, 6) is 6.04. The van der Waals surface area contributed by atoms with Crippen LogP contribution in [-0.4, -0.2) is 85.8 Å². The molecule has 0 radical (unpaired) electrons. The molecule has 322 valence electrons. The molecule has 1 spiro atoms. The zero-order valence-electron chi connectivity index (χ0n) is 34.1. The quantitative estimate of drug-likeness (QED) is 0.0346. The van der Waals surface area contributed by atoms with Crippen molar-refractivity contribution in [1.29, 1.82) is 0 Å². The fourth-order valence-electron chi connectivity index (χ4n) is 7.65. The molecular formula is C48H44N4O10S. The van der Waals surface area contributed by atoms with E-state index in [1.165, 1.54) is 24.3 Å². The molecule has 5 aromatic carbocycles. The molecule has 3 aliphatic heterocycles. The molecule has 8 rings (SSSR count). The second-order valence-electron chi connectivity index (χ2n) is 14.8. The van der Waals surface area contributed by atoms with Crippen LogP contribution in [0.15, 0.2) is 103 Å². The number of rotatable bonds is 16. The fraction of sp³-hybridized carbons (Fsp3) is 0.250. The highest BCUT2D eigenvalue weighted by molar-refractivity contribution is 7.80. The number of ether oxygens (including phenoxy) is 5. The van der Waals surface area contributed by atoms with Gasteiger partial charge in [0.25, 0.3) is 0 Å². The van der Waals surface area contributed by atoms with Crippen LogP contribution in [0.3, 0.4) is 0 Å². The number of hydrogen-bond donors (Lipinski definition) is 5. The van der Waals surface area contributed by atoms with E-state index in [4.69, 9.17) is 35.9 Å². The van der Waals surface area contributed by atoms with Crippen molar-refractivity contribution in [3.8, 4) is 34.8 Å². The van der Waals surface area contributed by atoms with Crippen molar-refractivity contribution in [2.45, 2.75) is 25.0 Å². The van der Waals surface area contributed by atoms with Crippen molar-refractivity contribution in [2.24, 2.45) is 0 Å². The summed E-state index contributed by atoms with van der Waals surface area (Å²) in [5.41, 5.74) is 4.57. The second-order valence-corrected chi connectivity index (χ2v) is 15.2. The first-order chi connectivity index (χ1) is 30.7. The van der Waals surface area contributed by atoms with Gasteiger partial charge in [0.2, 0.25) is 11.8 Å². The van der Waals surface area contributed by atoms with E-state index >= 15 is 0 Å². The first kappa shape index (κ1) is 42.7. The summed E-state index contributed by atoms with van der Waals surface area (Å²) in [4.78, 5) is 41.0. The van der Waals surface area contributed by atoms with Gasteiger partial charge in [-0.1, -0.05) is 48.2 Å². The van der Waals surface area contributed by atoms with E-state index in [2.05, 4.69) is 27.8 Å². The lowest BCUT2D eigenvalue weighted by Gasteiger charge is -2.36. The smallest absolute Gasteiger partial charge is 0.340 e.